The van der Waals surface area contributed by atoms with Crippen molar-refractivity contribution in [1.29, 1.82) is 0 Å². The summed E-state index contributed by atoms with van der Waals surface area (Å²) in [5.74, 6) is -0.953. The van der Waals surface area contributed by atoms with Crippen molar-refractivity contribution < 1.29 is 19.4 Å². The number of primary amides is 1. The molecule has 0 unspecified atom stereocenters. The third-order valence-corrected chi connectivity index (χ3v) is 6.53. The van der Waals surface area contributed by atoms with Crippen molar-refractivity contribution in [2.75, 3.05) is 13.1 Å². The predicted molar refractivity (Wildman–Crippen MR) is 142 cm³/mol. The van der Waals surface area contributed by atoms with E-state index in [0.717, 1.165) is 40.6 Å². The summed E-state index contributed by atoms with van der Waals surface area (Å²) >= 11 is 7.57. The zero-order valence-corrected chi connectivity index (χ0v) is 21.5. The Hall–Kier alpha value is -3.44. The van der Waals surface area contributed by atoms with Gasteiger partial charge in [0.1, 0.15) is 28.1 Å². The number of carboxylic acids is 1. The Labute approximate surface area is 217 Å². The van der Waals surface area contributed by atoms with Gasteiger partial charge in [-0.05, 0) is 30.7 Å². The Balaban J connectivity index is 0.000000840. The fourth-order valence-corrected chi connectivity index (χ4v) is 4.69. The number of carbonyl (C=O) groups is 2. The van der Waals surface area contributed by atoms with E-state index in [2.05, 4.69) is 16.4 Å². The van der Waals surface area contributed by atoms with Gasteiger partial charge in [-0.1, -0.05) is 35.9 Å². The first-order valence-corrected chi connectivity index (χ1v) is 12.3. The number of rotatable bonds is 9. The summed E-state index contributed by atoms with van der Waals surface area (Å²) in [7, 11) is 0. The molecule has 36 heavy (non-hydrogen) atoms. The smallest absolute Gasteiger partial charge is 0.300 e. The van der Waals surface area contributed by atoms with E-state index in [-0.39, 0.29) is 6.10 Å². The van der Waals surface area contributed by atoms with Crippen LogP contribution in [0, 0.1) is 0 Å². The van der Waals surface area contributed by atoms with Crippen LogP contribution < -0.4 is 21.5 Å². The van der Waals surface area contributed by atoms with Crippen LogP contribution in [0.4, 0.5) is 0 Å². The van der Waals surface area contributed by atoms with Crippen molar-refractivity contribution in [3.8, 4) is 10.8 Å². The Morgan fingerprint density at radius 3 is 2.64 bits per heavy atom. The van der Waals surface area contributed by atoms with Crippen molar-refractivity contribution in [2.45, 2.75) is 26.5 Å². The van der Waals surface area contributed by atoms with E-state index >= 15 is 0 Å². The Morgan fingerprint density at radius 2 is 1.97 bits per heavy atom. The van der Waals surface area contributed by atoms with Crippen molar-refractivity contribution in [3.05, 3.63) is 75.9 Å². The second-order valence-electron chi connectivity index (χ2n) is 7.85. The minimum absolute atomic E-state index is 0.349. The minimum Gasteiger partial charge on any atom is -0.484 e. The van der Waals surface area contributed by atoms with Crippen LogP contribution in [0.1, 0.15) is 40.8 Å². The number of nitrogens with zero attached hydrogens (tertiary/aromatic N) is 2. The molecule has 0 aliphatic rings. The number of ether oxygens (including phenoxy) is 1. The van der Waals surface area contributed by atoms with E-state index in [4.69, 9.17) is 37.7 Å². The summed E-state index contributed by atoms with van der Waals surface area (Å²) in [6.45, 7) is 5.00. The lowest BCUT2D eigenvalue weighted by Gasteiger charge is -2.16. The van der Waals surface area contributed by atoms with Gasteiger partial charge < -0.3 is 26.6 Å². The fourth-order valence-electron chi connectivity index (χ4n) is 3.47. The molecule has 0 spiro atoms. The summed E-state index contributed by atoms with van der Waals surface area (Å²) < 4.78 is 8.06. The van der Waals surface area contributed by atoms with Gasteiger partial charge in [0.25, 0.3) is 11.9 Å². The lowest BCUT2D eigenvalue weighted by molar-refractivity contribution is -0.134. The molecular weight excluding hydrogens is 502 g/mol. The van der Waals surface area contributed by atoms with Crippen LogP contribution >= 0.6 is 22.9 Å². The minimum atomic E-state index is -0.833. The molecular formula is C25H28ClN5O4S. The first-order valence-electron chi connectivity index (χ1n) is 11.1. The molecule has 1 atom stereocenters. The summed E-state index contributed by atoms with van der Waals surface area (Å²) in [5, 5.41) is 12.1. The number of nitrogens with one attached hydrogen (secondary N) is 1. The van der Waals surface area contributed by atoms with Gasteiger partial charge in [0.2, 0.25) is 0 Å². The van der Waals surface area contributed by atoms with E-state index in [1.165, 1.54) is 11.3 Å². The third kappa shape index (κ3) is 6.82. The molecule has 4 aromatic rings. The van der Waals surface area contributed by atoms with E-state index in [0.29, 0.717) is 28.7 Å². The van der Waals surface area contributed by atoms with Crippen LogP contribution in [0.3, 0.4) is 0 Å². The average Bonchev–Trinajstić information content (AvgIpc) is 3.43. The first-order chi connectivity index (χ1) is 17.2. The van der Waals surface area contributed by atoms with Crippen LogP contribution in [0.25, 0.3) is 16.0 Å². The topological polar surface area (TPSA) is 145 Å². The second kappa shape index (κ2) is 12.5. The molecule has 190 valence electrons. The van der Waals surface area contributed by atoms with Gasteiger partial charge in [0.05, 0.1) is 11.0 Å². The Morgan fingerprint density at radius 1 is 1.25 bits per heavy atom. The fraction of sp³-hybridized carbons (Fsp3) is 0.240. The van der Waals surface area contributed by atoms with Crippen molar-refractivity contribution in [1.82, 2.24) is 14.9 Å². The number of aliphatic carboxylic acids is 1. The van der Waals surface area contributed by atoms with Gasteiger partial charge in [0.15, 0.2) is 0 Å². The van der Waals surface area contributed by atoms with Gasteiger partial charge in [0, 0.05) is 43.2 Å². The van der Waals surface area contributed by atoms with Gasteiger partial charge in [-0.15, -0.1) is 11.3 Å². The molecule has 6 N–H and O–H groups in total. The average molecular weight is 530 g/mol. The maximum atomic E-state index is 12.1. The highest BCUT2D eigenvalue weighted by atomic mass is 35.5. The molecule has 2 heterocycles. The molecule has 0 fully saturated rings. The number of fused-ring (bicyclic) bond motifs is 1. The first kappa shape index (κ1) is 27.2. The largest absolute Gasteiger partial charge is 0.484 e. The molecule has 9 nitrogen and oxygen atoms in total. The zero-order chi connectivity index (χ0) is 26.2. The summed E-state index contributed by atoms with van der Waals surface area (Å²) in [6.07, 6.45) is 1.38. The third-order valence-electron chi connectivity index (χ3n) is 5.06. The summed E-state index contributed by atoms with van der Waals surface area (Å²) in [5.41, 5.74) is 14.9. The molecule has 2 aromatic carbocycles. The molecule has 0 saturated heterocycles. The number of amides is 1. The zero-order valence-electron chi connectivity index (χ0n) is 19.9. The molecule has 0 aliphatic heterocycles. The molecule has 4 rings (SSSR count). The normalized spacial score (nSPS) is 11.6. The number of halogens is 1. The molecule has 1 amide bonds. The lowest BCUT2D eigenvalue weighted by Crippen LogP contribution is -2.21. The molecule has 2 aromatic heterocycles. The van der Waals surface area contributed by atoms with Crippen molar-refractivity contribution in [3.63, 3.8) is 0 Å². The number of benzene rings is 2. The van der Waals surface area contributed by atoms with Crippen molar-refractivity contribution in [2.24, 2.45) is 11.5 Å². The van der Waals surface area contributed by atoms with E-state index in [1.54, 1.807) is 6.33 Å². The van der Waals surface area contributed by atoms with Crippen LogP contribution in [-0.4, -0.2) is 39.6 Å². The monoisotopic (exact) mass is 529 g/mol. The lowest BCUT2D eigenvalue weighted by atomic mass is 10.1. The molecule has 0 radical (unpaired) electrons. The summed E-state index contributed by atoms with van der Waals surface area (Å²) in [4.78, 5) is 26.0. The number of imidazole rings is 1. The van der Waals surface area contributed by atoms with Crippen LogP contribution in [0.2, 0.25) is 5.02 Å². The molecule has 0 saturated carbocycles. The van der Waals surface area contributed by atoms with Gasteiger partial charge in [-0.3, -0.25) is 14.2 Å². The van der Waals surface area contributed by atoms with Gasteiger partial charge >= 0.3 is 0 Å². The number of hydrogen-bond acceptors (Lipinski definition) is 7. The SMILES string of the molecule is CC(=O)O.C[C@@H](Oc1cc(-n2cnc3ccc(CNCCN)cc32)sc1C(N)=O)c1ccccc1Cl. The highest BCUT2D eigenvalue weighted by Gasteiger charge is 2.21. The number of nitrogens with two attached hydrogens (primary N) is 2. The maximum absolute atomic E-state index is 12.1. The Kier molecular flexibility index (Phi) is 9.43. The molecule has 0 bridgehead atoms. The van der Waals surface area contributed by atoms with Gasteiger partial charge in [-0.2, -0.15) is 0 Å². The van der Waals surface area contributed by atoms with Gasteiger partial charge in [-0.25, -0.2) is 4.98 Å². The van der Waals surface area contributed by atoms with Crippen molar-refractivity contribution >= 4 is 45.8 Å². The number of thiophene rings is 1. The van der Waals surface area contributed by atoms with E-state index < -0.39 is 11.9 Å². The van der Waals surface area contributed by atoms with E-state index in [9.17, 15) is 4.79 Å². The number of aromatic nitrogens is 2. The highest BCUT2D eigenvalue weighted by molar-refractivity contribution is 7.16. The molecule has 0 aliphatic carbocycles. The predicted octanol–water partition coefficient (Wildman–Crippen LogP) is 4.12. The van der Waals surface area contributed by atoms with Crippen LogP contribution in [0.15, 0.2) is 54.9 Å². The van der Waals surface area contributed by atoms with E-state index in [1.807, 2.05) is 54.0 Å². The standard InChI is InChI=1S/C23H24ClN5O2S.C2H4O2/c1-14(16-4-2-3-5-17(16)24)31-20-11-21(32-22(20)23(26)30)29-13-28-18-7-6-15(10-19(18)29)12-27-9-8-25;1-2(3)4/h2-7,10-11,13-14,27H,8-9,12,25H2,1H3,(H2,26,30);1H3,(H,3,4)/t14-;/m1./s1. The summed E-state index contributed by atoms with van der Waals surface area (Å²) in [6, 6.07) is 15.4. The quantitative estimate of drug-likeness (QED) is 0.238. The van der Waals surface area contributed by atoms with Crippen LogP contribution in [-0.2, 0) is 11.3 Å². The highest BCUT2D eigenvalue weighted by Crippen LogP contribution is 2.37. The number of hydrogen-bond donors (Lipinski definition) is 4. The van der Waals surface area contributed by atoms with Crippen LogP contribution in [0.5, 0.6) is 5.75 Å². The number of carbonyl (C=O) groups excluding carboxylic acids is 1. The Bertz CT molecular complexity index is 1350. The number of carboxylic acid groups (broad SMARTS) is 1. The maximum Gasteiger partial charge on any atom is 0.300 e. The second-order valence-corrected chi connectivity index (χ2v) is 9.28. The molecule has 11 heteroatoms.